The molecule has 1 amide bonds. The Bertz CT molecular complexity index is 510. The Hall–Kier alpha value is -0.508. The zero-order valence-electron chi connectivity index (χ0n) is 10.4. The first kappa shape index (κ1) is 16.5. The van der Waals surface area contributed by atoms with Crippen molar-refractivity contribution in [1.82, 2.24) is 0 Å². The van der Waals surface area contributed by atoms with Gasteiger partial charge in [-0.2, -0.15) is 0 Å². The number of carbonyl (C=O) groups excluding carboxylic acids is 2. The third-order valence-corrected chi connectivity index (χ3v) is 2.75. The van der Waals surface area contributed by atoms with Crippen LogP contribution in [0.3, 0.4) is 0 Å². The fourth-order valence-electron chi connectivity index (χ4n) is 1.80. The Balaban J connectivity index is 0.00000180. The largest absolute Gasteiger partial charge is 0.674 e. The first-order chi connectivity index (χ1) is 8.52. The number of ether oxygens (including phenoxy) is 1. The molecule has 0 bridgehead atoms. The van der Waals surface area contributed by atoms with Gasteiger partial charge in [0.25, 0.3) is 0 Å². The molecular formula is C12H12AcFN2O3-. The Morgan fingerprint density at radius 3 is 2.74 bits per heavy atom. The van der Waals surface area contributed by atoms with Crippen LogP contribution in [0.15, 0.2) is 18.2 Å². The summed E-state index contributed by atoms with van der Waals surface area (Å²) in [5, 5.41) is 0. The van der Waals surface area contributed by atoms with Crippen LogP contribution in [0, 0.1) is 49.9 Å². The van der Waals surface area contributed by atoms with Crippen LogP contribution < -0.4 is 4.90 Å². The van der Waals surface area contributed by atoms with E-state index in [4.69, 9.17) is 10.5 Å². The number of halogens is 1. The molecule has 0 unspecified atom stereocenters. The summed E-state index contributed by atoms with van der Waals surface area (Å²) in [6.45, 7) is 1.47. The first-order valence-corrected chi connectivity index (χ1v) is 5.46. The van der Waals surface area contributed by atoms with Gasteiger partial charge < -0.3 is 10.5 Å². The zero-order chi connectivity index (χ0) is 13.3. The van der Waals surface area contributed by atoms with E-state index in [0.29, 0.717) is 5.69 Å². The van der Waals surface area contributed by atoms with Crippen LogP contribution in [-0.4, -0.2) is 31.1 Å². The van der Waals surface area contributed by atoms with E-state index in [0.717, 1.165) is 6.07 Å². The molecule has 1 saturated heterocycles. The Labute approximate surface area is 145 Å². The van der Waals surface area contributed by atoms with Crippen molar-refractivity contribution >= 4 is 17.6 Å². The number of ketones is 1. The van der Waals surface area contributed by atoms with Gasteiger partial charge in [-0.1, -0.05) is 0 Å². The molecule has 99 valence electrons. The number of hydrogen-bond acceptors (Lipinski definition) is 3. The molecule has 1 N–H and O–H groups in total. The molecule has 1 heterocycles. The van der Waals surface area contributed by atoms with E-state index < -0.39 is 18.0 Å². The molecule has 1 aliphatic heterocycles. The van der Waals surface area contributed by atoms with Crippen molar-refractivity contribution in [2.75, 3.05) is 18.0 Å². The zero-order valence-corrected chi connectivity index (χ0v) is 15.1. The maximum absolute atomic E-state index is 13.6. The fourth-order valence-corrected chi connectivity index (χ4v) is 1.80. The minimum atomic E-state index is -0.665. The molecule has 5 nitrogen and oxygen atoms in total. The molecule has 1 aliphatic rings. The fraction of sp³-hybridized carbons (Fsp3) is 0.333. The summed E-state index contributed by atoms with van der Waals surface area (Å²) in [5.74, 6) is -1.03. The first-order valence-electron chi connectivity index (χ1n) is 5.46. The normalized spacial score (nSPS) is 17.9. The second-order valence-electron chi connectivity index (χ2n) is 4.04. The number of nitrogens with one attached hydrogen (secondary N) is 1. The van der Waals surface area contributed by atoms with Crippen LogP contribution in [0.5, 0.6) is 0 Å². The molecule has 2 rings (SSSR count). The molecular weight excluding hydrogens is 466 g/mol. The van der Waals surface area contributed by atoms with Crippen molar-refractivity contribution in [1.29, 1.82) is 0 Å². The number of Topliss-reactive ketones (excluding diaryl/α,β-unsaturated/α-hetero) is 1. The van der Waals surface area contributed by atoms with Crippen LogP contribution >= 0.6 is 0 Å². The van der Waals surface area contributed by atoms with Gasteiger partial charge in [0.15, 0.2) is 5.78 Å². The van der Waals surface area contributed by atoms with Gasteiger partial charge in [0.2, 0.25) is 0 Å². The predicted molar refractivity (Wildman–Crippen MR) is 63.2 cm³/mol. The van der Waals surface area contributed by atoms with Gasteiger partial charge in [0.05, 0.1) is 17.8 Å². The van der Waals surface area contributed by atoms with Gasteiger partial charge in [-0.25, -0.2) is 9.18 Å². The maximum atomic E-state index is 13.6. The van der Waals surface area contributed by atoms with Crippen LogP contribution in [0.2, 0.25) is 0 Å². The smallest absolute Gasteiger partial charge is 0.414 e. The van der Waals surface area contributed by atoms with Crippen LogP contribution in [0.25, 0.3) is 5.73 Å². The summed E-state index contributed by atoms with van der Waals surface area (Å²) < 4.78 is 18.5. The summed E-state index contributed by atoms with van der Waals surface area (Å²) in [4.78, 5) is 23.9. The molecule has 7 heteroatoms. The topological polar surface area (TPSA) is 70.4 Å². The quantitative estimate of drug-likeness (QED) is 0.627. The maximum Gasteiger partial charge on any atom is 0.414 e. The number of hydrogen-bond donors (Lipinski definition) is 0. The molecule has 1 aromatic carbocycles. The average Bonchev–Trinajstić information content (AvgIpc) is 2.70. The summed E-state index contributed by atoms with van der Waals surface area (Å²) >= 11 is 0. The molecule has 0 aliphatic carbocycles. The molecule has 1 atom stereocenters. The molecule has 0 aromatic heterocycles. The van der Waals surface area contributed by atoms with E-state index in [-0.39, 0.29) is 68.5 Å². The SMILES string of the molecule is CC(=O)c1ccc(N2C[C@H](C[NH-])OC2=O)cc1F.[Ac]. The van der Waals surface area contributed by atoms with Gasteiger partial charge in [-0.3, -0.25) is 9.69 Å². The third-order valence-electron chi connectivity index (χ3n) is 2.75. The monoisotopic (exact) mass is 478 g/mol. The van der Waals surface area contributed by atoms with E-state index in [9.17, 15) is 14.0 Å². The predicted octanol–water partition coefficient (Wildman–Crippen LogP) is 2.41. The van der Waals surface area contributed by atoms with Gasteiger partial charge in [0.1, 0.15) is 11.9 Å². The second kappa shape index (κ2) is 6.78. The molecule has 19 heavy (non-hydrogen) atoms. The summed E-state index contributed by atoms with van der Waals surface area (Å²) in [7, 11) is 0. The van der Waals surface area contributed by atoms with E-state index in [1.807, 2.05) is 0 Å². The Morgan fingerprint density at radius 2 is 2.26 bits per heavy atom. The van der Waals surface area contributed by atoms with Crippen molar-refractivity contribution in [2.45, 2.75) is 13.0 Å². The van der Waals surface area contributed by atoms with E-state index in [2.05, 4.69) is 0 Å². The summed E-state index contributed by atoms with van der Waals surface area (Å²) in [6.07, 6.45) is -1.09. The molecule has 0 spiro atoms. The molecule has 1 fully saturated rings. The van der Waals surface area contributed by atoms with Gasteiger partial charge >= 0.3 is 6.09 Å². The van der Waals surface area contributed by atoms with Crippen molar-refractivity contribution in [3.63, 3.8) is 0 Å². The van der Waals surface area contributed by atoms with Crippen LogP contribution in [0.4, 0.5) is 14.9 Å². The minimum absolute atomic E-state index is 0. The number of carbonyl (C=O) groups is 2. The van der Waals surface area contributed by atoms with Gasteiger partial charge in [-0.05, 0) is 25.1 Å². The Kier molecular flexibility index (Phi) is 5.90. The molecule has 1 aromatic rings. The van der Waals surface area contributed by atoms with Crippen molar-refractivity contribution in [3.8, 4) is 0 Å². The average molecular weight is 478 g/mol. The summed E-state index contributed by atoms with van der Waals surface area (Å²) in [5.41, 5.74) is 7.47. The van der Waals surface area contributed by atoms with Gasteiger partial charge in [-0.15, -0.1) is 6.54 Å². The third kappa shape index (κ3) is 3.53. The standard InChI is InChI=1S/C12H12FN2O3.Ac/c1-7(16)10-3-2-8(4-11(10)13)15-6-9(5-14)18-12(15)17;/h2-4,9,14H,5-6H2,1H3;/q-1;/t9-;/m0./s1. The van der Waals surface area contributed by atoms with Crippen LogP contribution in [0.1, 0.15) is 17.3 Å². The number of cyclic esters (lactones) is 1. The van der Waals surface area contributed by atoms with E-state index >= 15 is 0 Å². The van der Waals surface area contributed by atoms with E-state index in [1.54, 1.807) is 0 Å². The second-order valence-corrected chi connectivity index (χ2v) is 4.04. The minimum Gasteiger partial charge on any atom is -0.674 e. The van der Waals surface area contributed by atoms with Gasteiger partial charge in [0, 0.05) is 44.1 Å². The van der Waals surface area contributed by atoms with Crippen molar-refractivity contribution < 1.29 is 62.8 Å². The number of amides is 1. The molecule has 1 radical (unpaired) electrons. The number of rotatable bonds is 3. The van der Waals surface area contributed by atoms with E-state index in [1.165, 1.54) is 24.0 Å². The summed E-state index contributed by atoms with van der Waals surface area (Å²) in [6, 6.07) is 3.96. The van der Waals surface area contributed by atoms with Crippen molar-refractivity contribution in [3.05, 3.63) is 35.3 Å². The Morgan fingerprint density at radius 1 is 1.58 bits per heavy atom. The molecule has 0 saturated carbocycles. The number of anilines is 1. The number of nitrogens with zero attached hydrogens (tertiary/aromatic N) is 1. The number of benzene rings is 1. The van der Waals surface area contributed by atoms with Crippen LogP contribution in [-0.2, 0) is 4.74 Å². The van der Waals surface area contributed by atoms with Crippen molar-refractivity contribution in [2.24, 2.45) is 0 Å².